The van der Waals surface area contributed by atoms with Gasteiger partial charge in [0, 0.05) is 0 Å². The average Bonchev–Trinajstić information content (AvgIpc) is 2.82. The van der Waals surface area contributed by atoms with E-state index in [2.05, 4.69) is 15.5 Å². The second-order valence-electron chi connectivity index (χ2n) is 4.26. The van der Waals surface area contributed by atoms with Gasteiger partial charge in [0.15, 0.2) is 0 Å². The van der Waals surface area contributed by atoms with E-state index in [9.17, 15) is 4.79 Å². The largest absolute Gasteiger partial charge is 0.393 e. The van der Waals surface area contributed by atoms with Crippen LogP contribution in [0.5, 0.6) is 0 Å². The molecule has 0 radical (unpaired) electrons. The van der Waals surface area contributed by atoms with Gasteiger partial charge in [-0.25, -0.2) is 0 Å². The van der Waals surface area contributed by atoms with Gasteiger partial charge in [-0.05, 0) is 18.9 Å². The Morgan fingerprint density at radius 3 is 2.65 bits per heavy atom. The van der Waals surface area contributed by atoms with Crippen molar-refractivity contribution in [1.29, 1.82) is 0 Å². The third-order valence-corrected chi connectivity index (χ3v) is 3.74. The highest BCUT2D eigenvalue weighted by Gasteiger charge is 2.23. The first-order valence-corrected chi connectivity index (χ1v) is 7.23. The minimum atomic E-state index is -0.559. The molecule has 2 aromatic rings. The van der Waals surface area contributed by atoms with Gasteiger partial charge in [-0.1, -0.05) is 53.9 Å². The SMILES string of the molecule is Cc1nnc(NC(=O)C(Cc2ccccc2)C(N)=S)s1. The maximum atomic E-state index is 12.2. The van der Waals surface area contributed by atoms with E-state index in [1.54, 1.807) is 0 Å². The number of carbonyl (C=O) groups is 1. The maximum Gasteiger partial charge on any atom is 0.236 e. The molecule has 20 heavy (non-hydrogen) atoms. The number of aryl methyl sites for hydroxylation is 1. The summed E-state index contributed by atoms with van der Waals surface area (Å²) in [5.74, 6) is -0.811. The maximum absolute atomic E-state index is 12.2. The lowest BCUT2D eigenvalue weighted by Crippen LogP contribution is -2.34. The average molecular weight is 306 g/mol. The van der Waals surface area contributed by atoms with Crippen molar-refractivity contribution >= 4 is 39.6 Å². The van der Waals surface area contributed by atoms with E-state index in [0.29, 0.717) is 11.6 Å². The monoisotopic (exact) mass is 306 g/mol. The second-order valence-corrected chi connectivity index (χ2v) is 5.91. The molecule has 5 nitrogen and oxygen atoms in total. The van der Waals surface area contributed by atoms with Gasteiger partial charge in [-0.3, -0.25) is 10.1 Å². The highest BCUT2D eigenvalue weighted by atomic mass is 32.1. The number of nitrogens with two attached hydrogens (primary N) is 1. The van der Waals surface area contributed by atoms with Crippen molar-refractivity contribution in [2.24, 2.45) is 11.7 Å². The van der Waals surface area contributed by atoms with Crippen molar-refractivity contribution in [3.8, 4) is 0 Å². The quantitative estimate of drug-likeness (QED) is 0.825. The molecule has 3 N–H and O–H groups in total. The number of carbonyl (C=O) groups excluding carboxylic acids is 1. The third-order valence-electron chi connectivity index (χ3n) is 2.70. The molecule has 1 aromatic carbocycles. The van der Waals surface area contributed by atoms with E-state index in [-0.39, 0.29) is 10.9 Å². The summed E-state index contributed by atoms with van der Waals surface area (Å²) in [7, 11) is 0. The van der Waals surface area contributed by atoms with Crippen molar-refractivity contribution in [3.05, 3.63) is 40.9 Å². The van der Waals surface area contributed by atoms with Crippen molar-refractivity contribution < 1.29 is 4.79 Å². The predicted molar refractivity (Wildman–Crippen MR) is 83.7 cm³/mol. The number of nitrogens with one attached hydrogen (secondary N) is 1. The summed E-state index contributed by atoms with van der Waals surface area (Å²) in [5.41, 5.74) is 6.69. The lowest BCUT2D eigenvalue weighted by molar-refractivity contribution is -0.118. The zero-order valence-corrected chi connectivity index (χ0v) is 12.5. The smallest absolute Gasteiger partial charge is 0.236 e. The Bertz CT molecular complexity index is 612. The van der Waals surface area contributed by atoms with E-state index in [0.717, 1.165) is 10.6 Å². The van der Waals surface area contributed by atoms with E-state index in [4.69, 9.17) is 18.0 Å². The lowest BCUT2D eigenvalue weighted by Gasteiger charge is -2.14. The van der Waals surface area contributed by atoms with Gasteiger partial charge < -0.3 is 5.73 Å². The number of anilines is 1. The molecule has 0 aliphatic heterocycles. The third kappa shape index (κ3) is 3.82. The summed E-state index contributed by atoms with van der Waals surface area (Å²) < 4.78 is 0. The summed E-state index contributed by atoms with van der Waals surface area (Å²) in [6.07, 6.45) is 0.472. The summed E-state index contributed by atoms with van der Waals surface area (Å²) >= 11 is 6.31. The highest BCUT2D eigenvalue weighted by molar-refractivity contribution is 7.80. The first-order valence-electron chi connectivity index (χ1n) is 6.00. The van der Waals surface area contributed by atoms with Crippen LogP contribution in [0.2, 0.25) is 0 Å². The van der Waals surface area contributed by atoms with Crippen LogP contribution in [0.15, 0.2) is 30.3 Å². The Hall–Kier alpha value is -1.86. The number of thiocarbonyl (C=S) groups is 1. The molecule has 1 atom stereocenters. The zero-order chi connectivity index (χ0) is 14.5. The normalized spacial score (nSPS) is 11.8. The summed E-state index contributed by atoms with van der Waals surface area (Å²) in [5, 5.41) is 11.7. The van der Waals surface area contributed by atoms with Crippen LogP contribution in [0.25, 0.3) is 0 Å². The van der Waals surface area contributed by atoms with Gasteiger partial charge in [0.05, 0.1) is 10.9 Å². The van der Waals surface area contributed by atoms with E-state index >= 15 is 0 Å². The summed E-state index contributed by atoms with van der Waals surface area (Å²) in [6, 6.07) is 9.63. The Kier molecular flexibility index (Phi) is 4.75. The van der Waals surface area contributed by atoms with Crippen LogP contribution >= 0.6 is 23.6 Å². The zero-order valence-electron chi connectivity index (χ0n) is 10.9. The standard InChI is InChI=1S/C13H14N4OS2/c1-8-16-17-13(20-8)15-12(18)10(11(14)19)7-9-5-3-2-4-6-9/h2-6,10H,7H2,1H3,(H2,14,19)(H,15,17,18). The minimum absolute atomic E-state index is 0.174. The molecule has 0 aliphatic carbocycles. The molecule has 0 bridgehead atoms. The van der Waals surface area contributed by atoms with Gasteiger partial charge >= 0.3 is 0 Å². The number of amides is 1. The summed E-state index contributed by atoms with van der Waals surface area (Å²) in [4.78, 5) is 12.4. The van der Waals surface area contributed by atoms with Crippen molar-refractivity contribution in [2.75, 3.05) is 5.32 Å². The minimum Gasteiger partial charge on any atom is -0.393 e. The molecule has 104 valence electrons. The molecule has 1 aromatic heterocycles. The molecule has 0 aliphatic rings. The van der Waals surface area contributed by atoms with Crippen LogP contribution in [-0.2, 0) is 11.2 Å². The van der Waals surface area contributed by atoms with Gasteiger partial charge in [-0.2, -0.15) is 0 Å². The van der Waals surface area contributed by atoms with E-state index in [1.807, 2.05) is 37.3 Å². The first-order chi connectivity index (χ1) is 9.56. The molecule has 0 spiro atoms. The number of rotatable bonds is 5. The Labute approximate surface area is 126 Å². The summed E-state index contributed by atoms with van der Waals surface area (Å²) in [6.45, 7) is 1.82. The first kappa shape index (κ1) is 14.5. The molecule has 0 fully saturated rings. The van der Waals surface area contributed by atoms with E-state index in [1.165, 1.54) is 11.3 Å². The molecule has 1 unspecified atom stereocenters. The van der Waals surface area contributed by atoms with Crippen molar-refractivity contribution in [1.82, 2.24) is 10.2 Å². The fourth-order valence-electron chi connectivity index (χ4n) is 1.71. The molecular formula is C13H14N4OS2. The van der Waals surface area contributed by atoms with Crippen LogP contribution in [0.4, 0.5) is 5.13 Å². The molecular weight excluding hydrogens is 292 g/mol. The number of nitrogens with zero attached hydrogens (tertiary/aromatic N) is 2. The number of hydrogen-bond donors (Lipinski definition) is 2. The molecule has 1 heterocycles. The molecule has 2 rings (SSSR count). The van der Waals surface area contributed by atoms with Gasteiger partial charge in [0.25, 0.3) is 0 Å². The fraction of sp³-hybridized carbons (Fsp3) is 0.231. The second kappa shape index (κ2) is 6.53. The topological polar surface area (TPSA) is 80.9 Å². The fourth-order valence-corrected chi connectivity index (χ4v) is 2.50. The van der Waals surface area contributed by atoms with E-state index < -0.39 is 5.92 Å². The van der Waals surface area contributed by atoms with Gasteiger partial charge in [-0.15, -0.1) is 10.2 Å². The molecule has 1 amide bonds. The number of aromatic nitrogens is 2. The molecule has 0 saturated heterocycles. The van der Waals surface area contributed by atoms with Gasteiger partial charge in [0.1, 0.15) is 5.01 Å². The van der Waals surface area contributed by atoms with Crippen LogP contribution in [-0.4, -0.2) is 21.1 Å². The lowest BCUT2D eigenvalue weighted by atomic mass is 9.98. The van der Waals surface area contributed by atoms with Gasteiger partial charge in [0.2, 0.25) is 11.0 Å². The Morgan fingerprint density at radius 2 is 2.10 bits per heavy atom. The van der Waals surface area contributed by atoms with Crippen LogP contribution in [0, 0.1) is 12.8 Å². The van der Waals surface area contributed by atoms with Crippen LogP contribution in [0.1, 0.15) is 10.6 Å². The Morgan fingerprint density at radius 1 is 1.40 bits per heavy atom. The Balaban J connectivity index is 2.08. The van der Waals surface area contributed by atoms with Crippen LogP contribution < -0.4 is 11.1 Å². The van der Waals surface area contributed by atoms with Crippen LogP contribution in [0.3, 0.4) is 0 Å². The molecule has 7 heteroatoms. The van der Waals surface area contributed by atoms with Crippen molar-refractivity contribution in [2.45, 2.75) is 13.3 Å². The highest BCUT2D eigenvalue weighted by Crippen LogP contribution is 2.16. The predicted octanol–water partition coefficient (Wildman–Crippen LogP) is 1.93. The number of benzene rings is 1. The molecule has 0 saturated carbocycles. The number of hydrogen-bond acceptors (Lipinski definition) is 5. The van der Waals surface area contributed by atoms with Crippen molar-refractivity contribution in [3.63, 3.8) is 0 Å².